The van der Waals surface area contributed by atoms with E-state index in [-0.39, 0.29) is 5.41 Å². The molecule has 122 valence electrons. The fraction of sp³-hybridized carbons (Fsp3) is 0.278. The first-order valence-corrected chi connectivity index (χ1v) is 9.24. The summed E-state index contributed by atoms with van der Waals surface area (Å²) in [4.78, 5) is 13.2. The lowest BCUT2D eigenvalue weighted by Crippen LogP contribution is -2.17. The maximum absolute atomic E-state index is 12.0. The molecule has 0 fully saturated rings. The average molecular weight is 394 g/mol. The van der Waals surface area contributed by atoms with Crippen LogP contribution in [0.3, 0.4) is 0 Å². The molecule has 0 aliphatic heterocycles. The number of anilines is 1. The Morgan fingerprint density at radius 2 is 1.78 bits per heavy atom. The van der Waals surface area contributed by atoms with E-state index in [0.29, 0.717) is 11.4 Å². The van der Waals surface area contributed by atoms with Crippen molar-refractivity contribution in [3.63, 3.8) is 0 Å². The van der Waals surface area contributed by atoms with E-state index < -0.39 is 6.09 Å². The van der Waals surface area contributed by atoms with Gasteiger partial charge in [0.1, 0.15) is 5.75 Å². The standard InChI is InChI=1S/C18H20BrNO2S/c1-18(2,3)12-5-10-16(15(19)11-12)22-17(21)20-13-6-8-14(23-4)9-7-13/h5-11H,1-4H3,(H,20,21). The Bertz CT molecular complexity index is 693. The number of nitrogens with one attached hydrogen (secondary N) is 1. The number of carbonyl (C=O) groups excluding carboxylic acids is 1. The number of carbonyl (C=O) groups is 1. The maximum atomic E-state index is 12.0. The van der Waals surface area contributed by atoms with E-state index in [9.17, 15) is 4.79 Å². The van der Waals surface area contributed by atoms with Gasteiger partial charge in [0.15, 0.2) is 0 Å². The second kappa shape index (κ2) is 7.41. The highest BCUT2D eigenvalue weighted by molar-refractivity contribution is 9.10. The largest absolute Gasteiger partial charge is 0.417 e. The summed E-state index contributed by atoms with van der Waals surface area (Å²) in [5, 5.41) is 2.72. The molecule has 0 atom stereocenters. The Labute approximate surface area is 149 Å². The van der Waals surface area contributed by atoms with Crippen LogP contribution in [-0.4, -0.2) is 12.3 Å². The molecule has 5 heteroatoms. The molecule has 1 amide bonds. The molecule has 0 spiro atoms. The number of thioether (sulfide) groups is 1. The molecule has 0 aliphatic rings. The number of ether oxygens (including phenoxy) is 1. The van der Waals surface area contributed by atoms with Gasteiger partial charge >= 0.3 is 6.09 Å². The van der Waals surface area contributed by atoms with Crippen LogP contribution in [-0.2, 0) is 5.41 Å². The van der Waals surface area contributed by atoms with Crippen molar-refractivity contribution in [1.29, 1.82) is 0 Å². The Morgan fingerprint density at radius 1 is 1.13 bits per heavy atom. The van der Waals surface area contributed by atoms with Gasteiger partial charge in [-0.2, -0.15) is 0 Å². The third-order valence-electron chi connectivity index (χ3n) is 3.34. The number of hydrogen-bond donors (Lipinski definition) is 1. The predicted molar refractivity (Wildman–Crippen MR) is 101 cm³/mol. The highest BCUT2D eigenvalue weighted by Gasteiger charge is 2.16. The summed E-state index contributed by atoms with van der Waals surface area (Å²) in [6.45, 7) is 6.42. The van der Waals surface area contributed by atoms with E-state index in [1.54, 1.807) is 17.8 Å². The molecular weight excluding hydrogens is 374 g/mol. The predicted octanol–water partition coefficient (Wildman–Crippen LogP) is 6.08. The highest BCUT2D eigenvalue weighted by Crippen LogP contribution is 2.31. The molecule has 0 bridgehead atoms. The van der Waals surface area contributed by atoms with Gasteiger partial charge in [-0.25, -0.2) is 4.79 Å². The van der Waals surface area contributed by atoms with E-state index in [2.05, 4.69) is 42.0 Å². The molecule has 3 nitrogen and oxygen atoms in total. The van der Waals surface area contributed by atoms with Crippen molar-refractivity contribution in [3.8, 4) is 5.75 Å². The molecular formula is C18H20BrNO2S. The number of rotatable bonds is 3. The normalized spacial score (nSPS) is 11.2. The first-order chi connectivity index (χ1) is 10.8. The number of benzene rings is 2. The summed E-state index contributed by atoms with van der Waals surface area (Å²) in [5.41, 5.74) is 1.92. The molecule has 1 N–H and O–H groups in total. The minimum absolute atomic E-state index is 0.0440. The van der Waals surface area contributed by atoms with Crippen LogP contribution < -0.4 is 10.1 Å². The van der Waals surface area contributed by atoms with E-state index in [1.165, 1.54) is 5.56 Å². The molecule has 23 heavy (non-hydrogen) atoms. The van der Waals surface area contributed by atoms with Crippen molar-refractivity contribution in [3.05, 3.63) is 52.5 Å². The Hall–Kier alpha value is -1.46. The van der Waals surface area contributed by atoms with Gasteiger partial charge in [-0.15, -0.1) is 11.8 Å². The van der Waals surface area contributed by atoms with Crippen molar-refractivity contribution in [2.75, 3.05) is 11.6 Å². The van der Waals surface area contributed by atoms with Crippen LogP contribution >= 0.6 is 27.7 Å². The zero-order valence-corrected chi connectivity index (χ0v) is 16.0. The third kappa shape index (κ3) is 5.01. The second-order valence-electron chi connectivity index (χ2n) is 6.14. The van der Waals surface area contributed by atoms with Gasteiger partial charge in [0.05, 0.1) is 4.47 Å². The summed E-state index contributed by atoms with van der Waals surface area (Å²) >= 11 is 5.12. The summed E-state index contributed by atoms with van der Waals surface area (Å²) < 4.78 is 6.13. The topological polar surface area (TPSA) is 38.3 Å². The summed E-state index contributed by atoms with van der Waals surface area (Å²) in [6.07, 6.45) is 1.50. The van der Waals surface area contributed by atoms with E-state index in [4.69, 9.17) is 4.74 Å². The van der Waals surface area contributed by atoms with E-state index in [1.807, 2.05) is 42.7 Å². The van der Waals surface area contributed by atoms with Crippen molar-refractivity contribution in [2.24, 2.45) is 0 Å². The van der Waals surface area contributed by atoms with Crippen LogP contribution in [0.4, 0.5) is 10.5 Å². The third-order valence-corrected chi connectivity index (χ3v) is 4.70. The van der Waals surface area contributed by atoms with Gasteiger partial charge in [0, 0.05) is 10.6 Å². The summed E-state index contributed by atoms with van der Waals surface area (Å²) in [6, 6.07) is 13.4. The van der Waals surface area contributed by atoms with Crippen LogP contribution in [0.15, 0.2) is 51.8 Å². The molecule has 2 rings (SSSR count). The SMILES string of the molecule is CSc1ccc(NC(=O)Oc2ccc(C(C)(C)C)cc2Br)cc1. The molecule has 0 aliphatic carbocycles. The van der Waals surface area contributed by atoms with Crippen LogP contribution in [0.2, 0.25) is 0 Å². The lowest BCUT2D eigenvalue weighted by atomic mass is 9.87. The molecule has 0 saturated heterocycles. The summed E-state index contributed by atoms with van der Waals surface area (Å²) in [5.74, 6) is 0.497. The number of amides is 1. The minimum atomic E-state index is -0.508. The number of halogens is 1. The average Bonchev–Trinajstić information content (AvgIpc) is 2.49. The zero-order valence-electron chi connectivity index (χ0n) is 13.6. The van der Waals surface area contributed by atoms with Crippen LogP contribution in [0.5, 0.6) is 5.75 Å². The van der Waals surface area contributed by atoms with Gasteiger partial charge in [-0.1, -0.05) is 26.8 Å². The summed E-state index contributed by atoms with van der Waals surface area (Å²) in [7, 11) is 0. The number of hydrogen-bond acceptors (Lipinski definition) is 3. The molecule has 0 aromatic heterocycles. The van der Waals surface area contributed by atoms with Gasteiger partial charge in [-0.05, 0) is 69.6 Å². The minimum Gasteiger partial charge on any atom is -0.409 e. The van der Waals surface area contributed by atoms with Gasteiger partial charge in [0.2, 0.25) is 0 Å². The Balaban J connectivity index is 2.05. The van der Waals surface area contributed by atoms with Crippen LogP contribution in [0.25, 0.3) is 0 Å². The molecule has 0 unspecified atom stereocenters. The maximum Gasteiger partial charge on any atom is 0.417 e. The van der Waals surface area contributed by atoms with Crippen LogP contribution in [0.1, 0.15) is 26.3 Å². The molecule has 0 saturated carbocycles. The van der Waals surface area contributed by atoms with Crippen molar-refractivity contribution >= 4 is 39.5 Å². The lowest BCUT2D eigenvalue weighted by Gasteiger charge is -2.20. The van der Waals surface area contributed by atoms with Crippen molar-refractivity contribution in [1.82, 2.24) is 0 Å². The van der Waals surface area contributed by atoms with Crippen molar-refractivity contribution in [2.45, 2.75) is 31.1 Å². The first kappa shape index (κ1) is 17.9. The monoisotopic (exact) mass is 393 g/mol. The second-order valence-corrected chi connectivity index (χ2v) is 7.87. The van der Waals surface area contributed by atoms with E-state index in [0.717, 1.165) is 9.37 Å². The first-order valence-electron chi connectivity index (χ1n) is 7.22. The molecule has 0 heterocycles. The molecule has 0 radical (unpaired) electrons. The quantitative estimate of drug-likeness (QED) is 0.642. The van der Waals surface area contributed by atoms with Crippen molar-refractivity contribution < 1.29 is 9.53 Å². The highest BCUT2D eigenvalue weighted by atomic mass is 79.9. The molecule has 2 aromatic carbocycles. The Morgan fingerprint density at radius 3 is 2.30 bits per heavy atom. The fourth-order valence-corrected chi connectivity index (χ4v) is 2.84. The van der Waals surface area contributed by atoms with Gasteiger partial charge < -0.3 is 4.74 Å². The van der Waals surface area contributed by atoms with Gasteiger partial charge in [-0.3, -0.25) is 5.32 Å². The van der Waals surface area contributed by atoms with Crippen LogP contribution in [0, 0.1) is 0 Å². The zero-order chi connectivity index (χ0) is 17.0. The fourth-order valence-electron chi connectivity index (χ4n) is 1.97. The lowest BCUT2D eigenvalue weighted by molar-refractivity contribution is 0.215. The Kier molecular flexibility index (Phi) is 5.76. The molecule has 2 aromatic rings. The smallest absolute Gasteiger partial charge is 0.409 e. The van der Waals surface area contributed by atoms with Gasteiger partial charge in [0.25, 0.3) is 0 Å². The van der Waals surface area contributed by atoms with E-state index >= 15 is 0 Å².